The summed E-state index contributed by atoms with van der Waals surface area (Å²) in [5, 5.41) is 2.72. The number of carbonyl (C=O) groups excluding carboxylic acids is 3. The van der Waals surface area contributed by atoms with Crippen molar-refractivity contribution in [3.63, 3.8) is 0 Å². The van der Waals surface area contributed by atoms with E-state index < -0.39 is 0 Å². The van der Waals surface area contributed by atoms with E-state index in [1.165, 1.54) is 16.9 Å². The Bertz CT molecular complexity index is 632. The number of likely N-dealkylation sites (N-methyl/N-ethyl adjacent to an activating group) is 1. The Hall–Kier alpha value is -2.77. The number of carbonyl (C=O) groups is 3. The molecule has 23 heavy (non-hydrogen) atoms. The molecule has 0 spiro atoms. The number of methoxy groups -OCH3 is 1. The monoisotopic (exact) mass is 320 g/mol. The van der Waals surface area contributed by atoms with Gasteiger partial charge in [0.25, 0.3) is 0 Å². The fourth-order valence-electron chi connectivity index (χ4n) is 2.32. The molecule has 0 saturated carbocycles. The van der Waals surface area contributed by atoms with Crippen LogP contribution in [0.25, 0.3) is 0 Å². The van der Waals surface area contributed by atoms with Gasteiger partial charge in [0.15, 0.2) is 0 Å². The smallest absolute Gasteiger partial charge is 0.326 e. The number of amides is 4. The molecule has 0 aromatic heterocycles. The second-order valence-electron chi connectivity index (χ2n) is 5.29. The van der Waals surface area contributed by atoms with Crippen LogP contribution in [0, 0.1) is 0 Å². The van der Waals surface area contributed by atoms with E-state index in [9.17, 15) is 14.4 Å². The van der Waals surface area contributed by atoms with Crippen molar-refractivity contribution >= 4 is 29.2 Å². The largest absolute Gasteiger partial charge is 0.495 e. The summed E-state index contributed by atoms with van der Waals surface area (Å²) in [6.45, 7) is 0.330. The highest BCUT2D eigenvalue weighted by Crippen LogP contribution is 2.24. The summed E-state index contributed by atoms with van der Waals surface area (Å²) in [4.78, 5) is 37.7. The van der Waals surface area contributed by atoms with Gasteiger partial charge in [-0.3, -0.25) is 14.5 Å². The molecular weight excluding hydrogens is 300 g/mol. The molecule has 0 radical (unpaired) electrons. The van der Waals surface area contributed by atoms with Gasteiger partial charge in [-0.15, -0.1) is 0 Å². The van der Waals surface area contributed by atoms with E-state index in [1.54, 1.807) is 25.2 Å². The fraction of sp³-hybridized carbons (Fsp3) is 0.400. The highest BCUT2D eigenvalue weighted by atomic mass is 16.5. The number of hydrogen-bond acceptors (Lipinski definition) is 5. The minimum atomic E-state index is -0.321. The maximum atomic E-state index is 11.9. The molecule has 0 unspecified atom stereocenters. The van der Waals surface area contributed by atoms with Crippen molar-refractivity contribution < 1.29 is 19.1 Å². The summed E-state index contributed by atoms with van der Waals surface area (Å²) < 4.78 is 5.04. The van der Waals surface area contributed by atoms with Crippen molar-refractivity contribution in [2.75, 3.05) is 38.3 Å². The molecule has 4 amide bonds. The number of nitrogens with two attached hydrogens (primary N) is 1. The quantitative estimate of drug-likeness (QED) is 0.598. The summed E-state index contributed by atoms with van der Waals surface area (Å²) in [7, 11) is 3.09. The van der Waals surface area contributed by atoms with E-state index in [0.717, 1.165) is 0 Å². The second-order valence-corrected chi connectivity index (χ2v) is 5.29. The van der Waals surface area contributed by atoms with Crippen molar-refractivity contribution in [2.45, 2.75) is 12.8 Å². The van der Waals surface area contributed by atoms with E-state index in [0.29, 0.717) is 23.5 Å². The van der Waals surface area contributed by atoms with Gasteiger partial charge in [-0.05, 0) is 24.6 Å². The number of hydrogen-bond donors (Lipinski definition) is 2. The lowest BCUT2D eigenvalue weighted by atomic mass is 10.2. The van der Waals surface area contributed by atoms with Crippen LogP contribution >= 0.6 is 0 Å². The van der Waals surface area contributed by atoms with Crippen LogP contribution in [0.2, 0.25) is 0 Å². The third-order valence-corrected chi connectivity index (χ3v) is 3.53. The molecule has 1 aliphatic heterocycles. The predicted octanol–water partition coefficient (Wildman–Crippen LogP) is 0.890. The lowest BCUT2D eigenvalue weighted by Gasteiger charge is -2.14. The summed E-state index contributed by atoms with van der Waals surface area (Å²) in [5.74, 6) is 0.0982. The molecule has 0 aliphatic carbocycles. The van der Waals surface area contributed by atoms with E-state index in [1.807, 2.05) is 0 Å². The van der Waals surface area contributed by atoms with Crippen LogP contribution < -0.4 is 15.8 Å². The van der Waals surface area contributed by atoms with Crippen molar-refractivity contribution in [2.24, 2.45) is 0 Å². The molecular formula is C15H20N4O4. The van der Waals surface area contributed by atoms with Crippen LogP contribution in [0.15, 0.2) is 18.2 Å². The molecule has 3 N–H and O–H groups in total. The van der Waals surface area contributed by atoms with Gasteiger partial charge >= 0.3 is 6.03 Å². The molecule has 1 aromatic carbocycles. The minimum Gasteiger partial charge on any atom is -0.495 e. The Labute approximate surface area is 134 Å². The van der Waals surface area contributed by atoms with E-state index in [-0.39, 0.29) is 37.4 Å². The van der Waals surface area contributed by atoms with Gasteiger partial charge in [0, 0.05) is 25.7 Å². The molecule has 1 saturated heterocycles. The van der Waals surface area contributed by atoms with Crippen molar-refractivity contribution in [1.29, 1.82) is 0 Å². The van der Waals surface area contributed by atoms with Crippen LogP contribution in [0.4, 0.5) is 16.2 Å². The van der Waals surface area contributed by atoms with E-state index in [4.69, 9.17) is 10.5 Å². The van der Waals surface area contributed by atoms with Gasteiger partial charge in [-0.25, -0.2) is 4.79 Å². The Balaban J connectivity index is 1.80. The van der Waals surface area contributed by atoms with Gasteiger partial charge in [0.1, 0.15) is 12.3 Å². The van der Waals surface area contributed by atoms with Crippen molar-refractivity contribution in [1.82, 2.24) is 9.80 Å². The topological polar surface area (TPSA) is 105 Å². The molecule has 8 heteroatoms. The average molecular weight is 320 g/mol. The van der Waals surface area contributed by atoms with E-state index in [2.05, 4.69) is 5.32 Å². The van der Waals surface area contributed by atoms with Gasteiger partial charge < -0.3 is 20.7 Å². The molecule has 1 aromatic rings. The standard InChI is InChI=1S/C15H20N4O4/c1-18-9-14(21)19(15(18)22)7-3-4-13(20)17-10-5-6-12(23-2)11(16)8-10/h5-6,8H,3-4,7,9,16H2,1-2H3,(H,17,20). The highest BCUT2D eigenvalue weighted by molar-refractivity contribution is 6.01. The zero-order valence-electron chi connectivity index (χ0n) is 13.2. The van der Waals surface area contributed by atoms with Gasteiger partial charge in [0.2, 0.25) is 11.8 Å². The number of imide groups is 1. The number of nitrogens with zero attached hydrogens (tertiary/aromatic N) is 2. The minimum absolute atomic E-state index is 0.0934. The van der Waals surface area contributed by atoms with Crippen molar-refractivity contribution in [3.8, 4) is 5.75 Å². The lowest BCUT2D eigenvalue weighted by molar-refractivity contribution is -0.125. The first-order chi connectivity index (χ1) is 10.9. The Morgan fingerprint density at radius 1 is 1.39 bits per heavy atom. The third-order valence-electron chi connectivity index (χ3n) is 3.53. The number of urea groups is 1. The number of rotatable bonds is 6. The van der Waals surface area contributed by atoms with Crippen LogP contribution in [-0.4, -0.2) is 54.9 Å². The van der Waals surface area contributed by atoms with Crippen LogP contribution in [0.1, 0.15) is 12.8 Å². The molecule has 2 rings (SSSR count). The number of nitrogens with one attached hydrogen (secondary N) is 1. The normalized spacial score (nSPS) is 14.3. The first-order valence-electron chi connectivity index (χ1n) is 7.21. The Morgan fingerprint density at radius 2 is 2.13 bits per heavy atom. The fourth-order valence-corrected chi connectivity index (χ4v) is 2.32. The lowest BCUT2D eigenvalue weighted by Crippen LogP contribution is -2.32. The molecule has 124 valence electrons. The van der Waals surface area contributed by atoms with Gasteiger partial charge in [0.05, 0.1) is 12.8 Å². The first-order valence-corrected chi connectivity index (χ1v) is 7.21. The maximum Gasteiger partial charge on any atom is 0.326 e. The summed E-state index contributed by atoms with van der Waals surface area (Å²) in [6, 6.07) is 4.65. The first kappa shape index (κ1) is 16.6. The maximum absolute atomic E-state index is 11.9. The molecule has 1 aliphatic rings. The molecule has 0 bridgehead atoms. The van der Waals surface area contributed by atoms with Crippen LogP contribution in [-0.2, 0) is 9.59 Å². The highest BCUT2D eigenvalue weighted by Gasteiger charge is 2.32. The summed E-state index contributed by atoms with van der Waals surface area (Å²) >= 11 is 0. The number of anilines is 2. The molecule has 8 nitrogen and oxygen atoms in total. The average Bonchev–Trinajstić information content (AvgIpc) is 2.73. The number of benzene rings is 1. The molecule has 1 heterocycles. The van der Waals surface area contributed by atoms with E-state index >= 15 is 0 Å². The summed E-state index contributed by atoms with van der Waals surface area (Å²) in [6.07, 6.45) is 0.607. The molecule has 1 fully saturated rings. The SMILES string of the molecule is COc1ccc(NC(=O)CCCN2C(=O)CN(C)C2=O)cc1N. The Morgan fingerprint density at radius 3 is 2.70 bits per heavy atom. The Kier molecular flexibility index (Phi) is 5.05. The van der Waals surface area contributed by atoms with Crippen molar-refractivity contribution in [3.05, 3.63) is 18.2 Å². The number of nitrogen functional groups attached to an aromatic ring is 1. The second kappa shape index (κ2) is 6.99. The zero-order valence-corrected chi connectivity index (χ0v) is 13.2. The summed E-state index contributed by atoms with van der Waals surface area (Å²) in [5.41, 5.74) is 6.77. The van der Waals surface area contributed by atoms with Gasteiger partial charge in [-0.1, -0.05) is 0 Å². The van der Waals surface area contributed by atoms with Crippen LogP contribution in [0.5, 0.6) is 5.75 Å². The number of ether oxygens (including phenoxy) is 1. The zero-order chi connectivity index (χ0) is 17.0. The molecule has 0 atom stereocenters. The third kappa shape index (κ3) is 3.91. The predicted molar refractivity (Wildman–Crippen MR) is 85.0 cm³/mol. The van der Waals surface area contributed by atoms with Crippen LogP contribution in [0.3, 0.4) is 0 Å². The van der Waals surface area contributed by atoms with Gasteiger partial charge in [-0.2, -0.15) is 0 Å².